The van der Waals surface area contributed by atoms with Crippen molar-refractivity contribution in [1.82, 2.24) is 4.90 Å². The third-order valence-electron chi connectivity index (χ3n) is 7.38. The predicted octanol–water partition coefficient (Wildman–Crippen LogP) is 3.94. The lowest BCUT2D eigenvalue weighted by Crippen LogP contribution is -2.63. The van der Waals surface area contributed by atoms with E-state index in [0.717, 1.165) is 30.3 Å². The quantitative estimate of drug-likeness (QED) is 0.853. The molecular weight excluding hydrogens is 256 g/mol. The Labute approximate surface area is 130 Å². The summed E-state index contributed by atoms with van der Waals surface area (Å²) in [5, 5.41) is 0. The minimum atomic E-state index is 0.381. The summed E-state index contributed by atoms with van der Waals surface area (Å²) in [6.07, 6.45) is 17.6. The Morgan fingerprint density at radius 1 is 0.810 bits per heavy atom. The normalized spacial score (nSPS) is 45.3. The van der Waals surface area contributed by atoms with Crippen LogP contribution in [0.1, 0.15) is 77.0 Å². The lowest BCUT2D eigenvalue weighted by molar-refractivity contribution is -0.0546. The zero-order valence-electron chi connectivity index (χ0n) is 13.7. The molecule has 3 saturated carbocycles. The Balaban J connectivity index is 1.55. The van der Waals surface area contributed by atoms with E-state index in [0.29, 0.717) is 5.54 Å². The molecule has 2 heteroatoms. The Morgan fingerprint density at radius 2 is 1.57 bits per heavy atom. The van der Waals surface area contributed by atoms with Crippen LogP contribution in [0.3, 0.4) is 0 Å². The summed E-state index contributed by atoms with van der Waals surface area (Å²) in [6, 6.07) is 0.883. The van der Waals surface area contributed by atoms with Crippen LogP contribution in [-0.2, 0) is 0 Å². The van der Waals surface area contributed by atoms with E-state index in [2.05, 4.69) is 4.90 Å². The van der Waals surface area contributed by atoms with E-state index in [1.54, 1.807) is 0 Å². The number of hydrogen-bond donors (Lipinski definition) is 1. The van der Waals surface area contributed by atoms with Crippen molar-refractivity contribution in [2.75, 3.05) is 13.1 Å². The molecule has 4 fully saturated rings. The molecule has 120 valence electrons. The molecule has 4 aliphatic rings. The minimum absolute atomic E-state index is 0.381. The minimum Gasteiger partial charge on any atom is -0.329 e. The van der Waals surface area contributed by atoms with Crippen molar-refractivity contribution in [2.45, 2.75) is 88.6 Å². The summed E-state index contributed by atoms with van der Waals surface area (Å²) in [5.74, 6) is 3.08. The third kappa shape index (κ3) is 2.67. The Morgan fingerprint density at radius 3 is 2.38 bits per heavy atom. The first-order valence-corrected chi connectivity index (χ1v) is 9.79. The monoisotopic (exact) mass is 290 g/mol. The smallest absolute Gasteiger partial charge is 0.0337 e. The SMILES string of the molecule is NCC1(N2CCCC3CCCCC32)CCCC(C2CC2)C1. The second kappa shape index (κ2) is 5.85. The number of likely N-dealkylation sites (tertiary alicyclic amines) is 1. The van der Waals surface area contributed by atoms with Crippen molar-refractivity contribution in [1.29, 1.82) is 0 Å². The van der Waals surface area contributed by atoms with Crippen LogP contribution in [0, 0.1) is 17.8 Å². The molecule has 21 heavy (non-hydrogen) atoms. The topological polar surface area (TPSA) is 29.3 Å². The molecular formula is C19H34N2. The van der Waals surface area contributed by atoms with Gasteiger partial charge in [-0.25, -0.2) is 0 Å². The lowest BCUT2D eigenvalue weighted by atomic mass is 9.69. The van der Waals surface area contributed by atoms with Crippen LogP contribution >= 0.6 is 0 Å². The number of hydrogen-bond acceptors (Lipinski definition) is 2. The fourth-order valence-electron chi connectivity index (χ4n) is 6.13. The highest BCUT2D eigenvalue weighted by molar-refractivity contribution is 5.04. The van der Waals surface area contributed by atoms with Crippen molar-refractivity contribution in [3.63, 3.8) is 0 Å². The first kappa shape index (κ1) is 14.5. The summed E-state index contributed by atoms with van der Waals surface area (Å²) in [6.45, 7) is 2.26. The van der Waals surface area contributed by atoms with Crippen LogP contribution < -0.4 is 5.73 Å². The van der Waals surface area contributed by atoms with Crippen molar-refractivity contribution in [2.24, 2.45) is 23.5 Å². The van der Waals surface area contributed by atoms with Crippen LogP contribution in [0.5, 0.6) is 0 Å². The maximum Gasteiger partial charge on any atom is 0.0337 e. The van der Waals surface area contributed by atoms with Gasteiger partial charge >= 0.3 is 0 Å². The van der Waals surface area contributed by atoms with Gasteiger partial charge in [-0.3, -0.25) is 4.90 Å². The largest absolute Gasteiger partial charge is 0.329 e. The van der Waals surface area contributed by atoms with Gasteiger partial charge in [-0.05, 0) is 75.7 Å². The molecule has 1 heterocycles. The highest BCUT2D eigenvalue weighted by Crippen LogP contribution is 2.50. The van der Waals surface area contributed by atoms with E-state index >= 15 is 0 Å². The van der Waals surface area contributed by atoms with E-state index in [1.807, 2.05) is 0 Å². The van der Waals surface area contributed by atoms with E-state index < -0.39 is 0 Å². The van der Waals surface area contributed by atoms with Crippen LogP contribution in [0.25, 0.3) is 0 Å². The standard InChI is InChI=1S/C19H34N2/c20-14-19(11-3-6-17(13-19)15-9-10-15)21-12-4-7-16-5-1-2-8-18(16)21/h15-18H,1-14,20H2. The summed E-state index contributed by atoms with van der Waals surface area (Å²) < 4.78 is 0. The van der Waals surface area contributed by atoms with Crippen molar-refractivity contribution in [3.8, 4) is 0 Å². The van der Waals surface area contributed by atoms with Gasteiger partial charge in [0.15, 0.2) is 0 Å². The summed E-state index contributed by atoms with van der Waals surface area (Å²) in [7, 11) is 0. The molecule has 4 rings (SSSR count). The van der Waals surface area contributed by atoms with E-state index in [4.69, 9.17) is 5.73 Å². The van der Waals surface area contributed by atoms with Gasteiger partial charge in [-0.15, -0.1) is 0 Å². The molecule has 4 unspecified atom stereocenters. The molecule has 1 saturated heterocycles. The molecule has 3 aliphatic carbocycles. The summed E-state index contributed by atoms with van der Waals surface area (Å²) >= 11 is 0. The number of fused-ring (bicyclic) bond motifs is 1. The molecule has 0 radical (unpaired) electrons. The summed E-state index contributed by atoms with van der Waals surface area (Å²) in [4.78, 5) is 2.97. The molecule has 2 nitrogen and oxygen atoms in total. The molecule has 2 N–H and O–H groups in total. The van der Waals surface area contributed by atoms with E-state index in [1.165, 1.54) is 83.6 Å². The average Bonchev–Trinajstić information content (AvgIpc) is 3.39. The van der Waals surface area contributed by atoms with Gasteiger partial charge in [-0.1, -0.05) is 25.7 Å². The van der Waals surface area contributed by atoms with Gasteiger partial charge in [0.05, 0.1) is 0 Å². The molecule has 0 aromatic rings. The molecule has 0 spiro atoms. The van der Waals surface area contributed by atoms with Gasteiger partial charge in [0.2, 0.25) is 0 Å². The Hall–Kier alpha value is -0.0800. The molecule has 4 atom stereocenters. The summed E-state index contributed by atoms with van der Waals surface area (Å²) in [5.41, 5.74) is 6.81. The van der Waals surface area contributed by atoms with Gasteiger partial charge in [0.1, 0.15) is 0 Å². The molecule has 1 aliphatic heterocycles. The van der Waals surface area contributed by atoms with Crippen LogP contribution in [-0.4, -0.2) is 29.6 Å². The molecule has 0 aromatic carbocycles. The Bertz CT molecular complexity index is 363. The van der Waals surface area contributed by atoms with Crippen LogP contribution in [0.4, 0.5) is 0 Å². The van der Waals surface area contributed by atoms with Gasteiger partial charge in [0, 0.05) is 18.1 Å². The van der Waals surface area contributed by atoms with Crippen molar-refractivity contribution >= 4 is 0 Å². The highest BCUT2D eigenvalue weighted by Gasteiger charge is 2.48. The zero-order valence-corrected chi connectivity index (χ0v) is 13.7. The fourth-order valence-corrected chi connectivity index (χ4v) is 6.13. The number of nitrogens with two attached hydrogens (primary N) is 1. The lowest BCUT2D eigenvalue weighted by Gasteiger charge is -2.56. The average molecular weight is 290 g/mol. The molecule has 0 amide bonds. The number of nitrogens with zero attached hydrogens (tertiary/aromatic N) is 1. The van der Waals surface area contributed by atoms with Crippen LogP contribution in [0.2, 0.25) is 0 Å². The molecule has 0 bridgehead atoms. The van der Waals surface area contributed by atoms with E-state index in [-0.39, 0.29) is 0 Å². The van der Waals surface area contributed by atoms with E-state index in [9.17, 15) is 0 Å². The van der Waals surface area contributed by atoms with Crippen molar-refractivity contribution in [3.05, 3.63) is 0 Å². The van der Waals surface area contributed by atoms with Crippen LogP contribution in [0.15, 0.2) is 0 Å². The van der Waals surface area contributed by atoms with Gasteiger partial charge in [-0.2, -0.15) is 0 Å². The maximum absolute atomic E-state index is 6.43. The third-order valence-corrected chi connectivity index (χ3v) is 7.38. The molecule has 0 aromatic heterocycles. The highest BCUT2D eigenvalue weighted by atomic mass is 15.2. The first-order chi connectivity index (χ1) is 10.3. The predicted molar refractivity (Wildman–Crippen MR) is 88.2 cm³/mol. The van der Waals surface area contributed by atoms with Crippen molar-refractivity contribution < 1.29 is 0 Å². The fraction of sp³-hybridized carbons (Fsp3) is 1.00. The second-order valence-electron chi connectivity index (χ2n) is 8.57. The van der Waals surface area contributed by atoms with Gasteiger partial charge in [0.25, 0.3) is 0 Å². The number of piperidine rings is 1. The second-order valence-corrected chi connectivity index (χ2v) is 8.57. The maximum atomic E-state index is 6.43. The van der Waals surface area contributed by atoms with Gasteiger partial charge < -0.3 is 5.73 Å². The number of rotatable bonds is 3. The zero-order chi connectivity index (χ0) is 14.3. The first-order valence-electron chi connectivity index (χ1n) is 9.79. The Kier molecular flexibility index (Phi) is 4.04.